The van der Waals surface area contributed by atoms with E-state index in [9.17, 15) is 9.59 Å². The lowest BCUT2D eigenvalue weighted by Crippen LogP contribution is -2.21. The first-order valence-electron chi connectivity index (χ1n) is 14.0. The summed E-state index contributed by atoms with van der Waals surface area (Å²) < 4.78 is 12.8. The van der Waals surface area contributed by atoms with E-state index in [4.69, 9.17) is 14.6 Å². The second-order valence-corrected chi connectivity index (χ2v) is 10.9. The minimum Gasteiger partial charge on any atom is -0.457 e. The van der Waals surface area contributed by atoms with Crippen molar-refractivity contribution in [1.29, 1.82) is 0 Å². The molecule has 0 saturated heterocycles. The van der Waals surface area contributed by atoms with Gasteiger partial charge in [0.1, 0.15) is 29.7 Å². The van der Waals surface area contributed by atoms with Crippen LogP contribution in [0, 0.1) is 6.92 Å². The maximum Gasteiger partial charge on any atom is 0.324 e. The van der Waals surface area contributed by atoms with E-state index in [-0.39, 0.29) is 24.0 Å². The average Bonchev–Trinajstić information content (AvgIpc) is 3.61. The Morgan fingerprint density at radius 3 is 2.44 bits per heavy atom. The van der Waals surface area contributed by atoms with Crippen molar-refractivity contribution in [1.82, 2.24) is 14.8 Å². The molecule has 2 aromatic heterocycles. The number of anilines is 3. The van der Waals surface area contributed by atoms with Crippen molar-refractivity contribution in [2.24, 2.45) is 0 Å². The summed E-state index contributed by atoms with van der Waals surface area (Å²) in [6.45, 7) is 4.15. The molecule has 0 atom stereocenters. The van der Waals surface area contributed by atoms with Gasteiger partial charge in [-0.05, 0) is 50.1 Å². The Labute approximate surface area is 249 Å². The molecule has 1 aliphatic carbocycles. The first-order chi connectivity index (χ1) is 20.8. The monoisotopic (exact) mass is 576 g/mol. The smallest absolute Gasteiger partial charge is 0.324 e. The summed E-state index contributed by atoms with van der Waals surface area (Å²) in [6.07, 6.45) is 3.71. The molecule has 2 heterocycles. The number of nitrogens with zero attached hydrogens (tertiary/aromatic N) is 3. The standard InChI is InChI=1S/C33H32N6O4/c1-21-8-10-22(11-9-21)39-30(19-28(38-39)33(2)15-16-33)37-32(41)35-26-12-13-27(25-7-5-4-6-24(25)26)43-23-14-17-34-29(18-23)36-31(40)20-42-3/h4-14,17-19H,15-16,20H2,1-3H3,(H,34,36,40)(H2,35,37,41). The fraction of sp³-hybridized carbons (Fsp3) is 0.212. The Kier molecular flexibility index (Phi) is 7.52. The number of methoxy groups -OCH3 is 1. The molecule has 0 spiro atoms. The summed E-state index contributed by atoms with van der Waals surface area (Å²) in [7, 11) is 1.45. The van der Waals surface area contributed by atoms with Crippen molar-refractivity contribution in [3.8, 4) is 17.2 Å². The third kappa shape index (κ3) is 6.19. The number of aromatic nitrogens is 3. The van der Waals surface area contributed by atoms with Gasteiger partial charge in [-0.3, -0.25) is 10.1 Å². The topological polar surface area (TPSA) is 119 Å². The maximum absolute atomic E-state index is 13.3. The van der Waals surface area contributed by atoms with Crippen LogP contribution >= 0.6 is 0 Å². The van der Waals surface area contributed by atoms with Crippen LogP contribution in [0.4, 0.5) is 22.1 Å². The molecule has 1 saturated carbocycles. The van der Waals surface area contributed by atoms with Crippen LogP contribution in [0.3, 0.4) is 0 Å². The van der Waals surface area contributed by atoms with Crippen molar-refractivity contribution >= 4 is 40.0 Å². The van der Waals surface area contributed by atoms with Gasteiger partial charge in [0.15, 0.2) is 0 Å². The van der Waals surface area contributed by atoms with Crippen LogP contribution in [0.1, 0.15) is 31.0 Å². The molecule has 0 radical (unpaired) electrons. The molecule has 43 heavy (non-hydrogen) atoms. The molecule has 218 valence electrons. The van der Waals surface area contributed by atoms with Gasteiger partial charge in [-0.2, -0.15) is 5.10 Å². The predicted molar refractivity (Wildman–Crippen MR) is 166 cm³/mol. The lowest BCUT2D eigenvalue weighted by atomic mass is 10.1. The summed E-state index contributed by atoms with van der Waals surface area (Å²) in [6, 6.07) is 24.2. The predicted octanol–water partition coefficient (Wildman–Crippen LogP) is 6.80. The van der Waals surface area contributed by atoms with Gasteiger partial charge in [0.2, 0.25) is 0 Å². The number of rotatable bonds is 9. The van der Waals surface area contributed by atoms with Gasteiger partial charge in [-0.1, -0.05) is 48.9 Å². The number of hydrogen-bond donors (Lipinski definition) is 3. The quantitative estimate of drug-likeness (QED) is 0.178. The minimum absolute atomic E-state index is 0.0416. The van der Waals surface area contributed by atoms with Gasteiger partial charge in [0, 0.05) is 41.6 Å². The van der Waals surface area contributed by atoms with Crippen LogP contribution in [-0.2, 0) is 14.9 Å². The highest BCUT2D eigenvalue weighted by Crippen LogP contribution is 2.47. The highest BCUT2D eigenvalue weighted by molar-refractivity contribution is 6.07. The van der Waals surface area contributed by atoms with Crippen molar-refractivity contribution in [2.45, 2.75) is 32.1 Å². The highest BCUT2D eigenvalue weighted by atomic mass is 16.5. The molecule has 10 nitrogen and oxygen atoms in total. The summed E-state index contributed by atoms with van der Waals surface area (Å²) in [4.78, 5) is 29.4. The number of amides is 3. The molecular weight excluding hydrogens is 544 g/mol. The lowest BCUT2D eigenvalue weighted by Gasteiger charge is -2.14. The summed E-state index contributed by atoms with van der Waals surface area (Å²) in [5, 5.41) is 15.1. The SMILES string of the molecule is COCC(=O)Nc1cc(Oc2ccc(NC(=O)Nc3cc(C4(C)CC4)nn3-c3ccc(C)cc3)c3ccccc23)ccn1. The number of carbonyl (C=O) groups excluding carboxylic acids is 2. The van der Waals surface area contributed by atoms with Crippen molar-refractivity contribution in [3.05, 3.63) is 96.3 Å². The number of pyridine rings is 1. The number of ether oxygens (including phenoxy) is 2. The average molecular weight is 577 g/mol. The molecule has 0 aliphatic heterocycles. The van der Waals surface area contributed by atoms with Gasteiger partial charge in [-0.15, -0.1) is 0 Å². The Balaban J connectivity index is 1.23. The number of carbonyl (C=O) groups is 2. The van der Waals surface area contributed by atoms with Gasteiger partial charge < -0.3 is 20.1 Å². The number of fused-ring (bicyclic) bond motifs is 1. The number of benzene rings is 3. The largest absolute Gasteiger partial charge is 0.457 e. The van der Waals surface area contributed by atoms with Crippen molar-refractivity contribution < 1.29 is 19.1 Å². The molecule has 3 amide bonds. The fourth-order valence-corrected chi connectivity index (χ4v) is 4.81. The zero-order chi connectivity index (χ0) is 30.0. The van der Waals surface area contributed by atoms with Crippen LogP contribution in [0.2, 0.25) is 0 Å². The third-order valence-corrected chi connectivity index (χ3v) is 7.48. The summed E-state index contributed by atoms with van der Waals surface area (Å²) >= 11 is 0. The van der Waals surface area contributed by atoms with E-state index in [1.807, 2.05) is 61.5 Å². The van der Waals surface area contributed by atoms with Crippen LogP contribution < -0.4 is 20.7 Å². The Morgan fingerprint density at radius 1 is 0.930 bits per heavy atom. The Morgan fingerprint density at radius 2 is 1.70 bits per heavy atom. The normalized spacial score (nSPS) is 13.4. The van der Waals surface area contributed by atoms with E-state index in [0.717, 1.165) is 40.6 Å². The van der Waals surface area contributed by atoms with E-state index < -0.39 is 0 Å². The molecule has 0 bridgehead atoms. The number of hydrogen-bond acceptors (Lipinski definition) is 6. The maximum atomic E-state index is 13.3. The number of urea groups is 1. The molecule has 1 aliphatic rings. The van der Waals surface area contributed by atoms with Crippen molar-refractivity contribution in [3.63, 3.8) is 0 Å². The van der Waals surface area contributed by atoms with Gasteiger partial charge >= 0.3 is 6.03 Å². The van der Waals surface area contributed by atoms with Gasteiger partial charge in [0.05, 0.1) is 17.1 Å². The molecular formula is C33H32N6O4. The van der Waals surface area contributed by atoms with E-state index in [1.165, 1.54) is 7.11 Å². The van der Waals surface area contributed by atoms with Gasteiger partial charge in [0.25, 0.3) is 5.91 Å². The second kappa shape index (κ2) is 11.6. The minimum atomic E-state index is -0.384. The first-order valence-corrected chi connectivity index (χ1v) is 14.0. The van der Waals surface area contributed by atoms with Crippen molar-refractivity contribution in [2.75, 3.05) is 29.7 Å². The fourth-order valence-electron chi connectivity index (χ4n) is 4.81. The molecule has 3 aromatic carbocycles. The Bertz CT molecular complexity index is 1810. The molecule has 10 heteroatoms. The summed E-state index contributed by atoms with van der Waals surface area (Å²) in [5.41, 5.74) is 3.65. The zero-order valence-corrected chi connectivity index (χ0v) is 24.2. The van der Waals surface area contributed by atoms with Gasteiger partial charge in [-0.25, -0.2) is 14.5 Å². The van der Waals surface area contributed by atoms with Crippen LogP contribution in [-0.4, -0.2) is 40.4 Å². The molecule has 0 unspecified atom stereocenters. The molecule has 6 rings (SSSR count). The highest BCUT2D eigenvalue weighted by Gasteiger charge is 2.42. The summed E-state index contributed by atoms with van der Waals surface area (Å²) in [5.74, 6) is 1.71. The van der Waals surface area contributed by atoms with E-state index in [0.29, 0.717) is 28.8 Å². The van der Waals surface area contributed by atoms with Crippen LogP contribution in [0.5, 0.6) is 11.5 Å². The van der Waals surface area contributed by atoms with Crippen LogP contribution in [0.25, 0.3) is 16.5 Å². The van der Waals surface area contributed by atoms with E-state index in [1.54, 1.807) is 35.1 Å². The second-order valence-electron chi connectivity index (χ2n) is 10.9. The molecule has 3 N–H and O–H groups in total. The lowest BCUT2D eigenvalue weighted by molar-refractivity contribution is -0.119. The van der Waals surface area contributed by atoms with E-state index in [2.05, 4.69) is 27.9 Å². The van der Waals surface area contributed by atoms with E-state index >= 15 is 0 Å². The number of aryl methyl sites for hydroxylation is 1. The zero-order valence-electron chi connectivity index (χ0n) is 24.2. The Hall–Kier alpha value is -5.22. The molecule has 5 aromatic rings. The van der Waals surface area contributed by atoms with Crippen LogP contribution in [0.15, 0.2) is 85.1 Å². The molecule has 1 fully saturated rings. The first kappa shape index (κ1) is 27.9. The third-order valence-electron chi connectivity index (χ3n) is 7.48. The number of nitrogens with one attached hydrogen (secondary N) is 3.